The lowest BCUT2D eigenvalue weighted by atomic mass is 10.1. The summed E-state index contributed by atoms with van der Waals surface area (Å²) in [6, 6.07) is 15.1. The Morgan fingerprint density at radius 1 is 1.20 bits per heavy atom. The molecular formula is C21H21N3O6. The van der Waals surface area contributed by atoms with Crippen LogP contribution in [-0.2, 0) is 9.53 Å². The molecule has 30 heavy (non-hydrogen) atoms. The average Bonchev–Trinajstić information content (AvgIpc) is 2.77. The van der Waals surface area contributed by atoms with Crippen molar-refractivity contribution < 1.29 is 29.4 Å². The Morgan fingerprint density at radius 3 is 2.63 bits per heavy atom. The van der Waals surface area contributed by atoms with Crippen molar-refractivity contribution in [1.29, 1.82) is 5.26 Å². The van der Waals surface area contributed by atoms with Gasteiger partial charge in [0.05, 0.1) is 18.2 Å². The largest absolute Gasteiger partial charge is 0.491 e. The van der Waals surface area contributed by atoms with E-state index in [9.17, 15) is 9.59 Å². The van der Waals surface area contributed by atoms with Gasteiger partial charge in [-0.1, -0.05) is 18.2 Å². The van der Waals surface area contributed by atoms with Crippen LogP contribution in [0.2, 0.25) is 0 Å². The number of hydrogen-bond donors (Lipinski definition) is 4. The Labute approximate surface area is 173 Å². The summed E-state index contributed by atoms with van der Waals surface area (Å²) in [6.45, 7) is -0.0269. The first-order valence-electron chi connectivity index (χ1n) is 8.97. The third-order valence-corrected chi connectivity index (χ3v) is 3.83. The van der Waals surface area contributed by atoms with Crippen LogP contribution in [0.4, 0.5) is 10.5 Å². The van der Waals surface area contributed by atoms with E-state index in [0.717, 1.165) is 6.08 Å². The van der Waals surface area contributed by atoms with E-state index in [-0.39, 0.29) is 19.6 Å². The minimum atomic E-state index is -0.760. The number of hydrogen-bond acceptors (Lipinski definition) is 7. The van der Waals surface area contributed by atoms with Gasteiger partial charge >= 0.3 is 6.09 Å². The number of amides is 2. The second kappa shape index (κ2) is 11.9. The van der Waals surface area contributed by atoms with Crippen molar-refractivity contribution >= 4 is 17.7 Å². The number of benzene rings is 2. The highest BCUT2D eigenvalue weighted by atomic mass is 16.6. The van der Waals surface area contributed by atoms with Crippen molar-refractivity contribution in [3.05, 3.63) is 71.8 Å². The topological polar surface area (TPSA) is 141 Å². The van der Waals surface area contributed by atoms with Gasteiger partial charge in [0.25, 0.3) is 5.91 Å². The number of aliphatic hydroxyl groups is 1. The molecule has 0 saturated carbocycles. The van der Waals surface area contributed by atoms with E-state index < -0.39 is 18.1 Å². The summed E-state index contributed by atoms with van der Waals surface area (Å²) < 4.78 is 10.9. The maximum atomic E-state index is 12.4. The molecular weight excluding hydrogens is 390 g/mol. The number of rotatable bonds is 9. The first kappa shape index (κ1) is 22.4. The van der Waals surface area contributed by atoms with E-state index in [2.05, 4.69) is 5.32 Å². The molecule has 1 atom stereocenters. The van der Waals surface area contributed by atoms with Gasteiger partial charge in [0.2, 0.25) is 0 Å². The highest BCUT2D eigenvalue weighted by Crippen LogP contribution is 2.26. The zero-order valence-electron chi connectivity index (χ0n) is 15.9. The molecule has 2 aromatic carbocycles. The molecule has 2 aromatic rings. The van der Waals surface area contributed by atoms with E-state index in [1.165, 1.54) is 11.6 Å². The Balaban J connectivity index is 2.13. The summed E-state index contributed by atoms with van der Waals surface area (Å²) in [5, 5.41) is 28.9. The van der Waals surface area contributed by atoms with Gasteiger partial charge in [0.1, 0.15) is 18.5 Å². The number of carbonyl (C=O) groups excluding carboxylic acids is 2. The molecule has 0 heterocycles. The van der Waals surface area contributed by atoms with Gasteiger partial charge in [0.15, 0.2) is 0 Å². The van der Waals surface area contributed by atoms with Gasteiger partial charge in [-0.2, -0.15) is 5.26 Å². The molecule has 0 radical (unpaired) electrons. The number of ether oxygens (including phenoxy) is 2. The normalized spacial score (nSPS) is 11.4. The molecule has 156 valence electrons. The lowest BCUT2D eigenvalue weighted by Gasteiger charge is -2.18. The molecule has 9 nitrogen and oxygen atoms in total. The lowest BCUT2D eigenvalue weighted by Crippen LogP contribution is -2.18. The molecule has 9 heteroatoms. The smallest absolute Gasteiger partial charge is 0.412 e. The Kier molecular flexibility index (Phi) is 8.86. The maximum absolute atomic E-state index is 12.4. The number of hydroxylamine groups is 1. The van der Waals surface area contributed by atoms with Crippen LogP contribution in [0, 0.1) is 11.3 Å². The van der Waals surface area contributed by atoms with Crippen LogP contribution >= 0.6 is 0 Å². The highest BCUT2D eigenvalue weighted by Gasteiger charge is 2.17. The summed E-state index contributed by atoms with van der Waals surface area (Å²) in [4.78, 5) is 23.5. The van der Waals surface area contributed by atoms with Crippen LogP contribution in [0.1, 0.15) is 23.7 Å². The zero-order valence-corrected chi connectivity index (χ0v) is 15.9. The average molecular weight is 411 g/mol. The predicted molar refractivity (Wildman–Crippen MR) is 107 cm³/mol. The minimum absolute atomic E-state index is 0.116. The third kappa shape index (κ3) is 7.27. The lowest BCUT2D eigenvalue weighted by molar-refractivity contribution is -0.124. The highest BCUT2D eigenvalue weighted by molar-refractivity contribution is 5.86. The molecule has 2 amide bonds. The number of nitriles is 1. The zero-order chi connectivity index (χ0) is 21.8. The number of aliphatic hydroxyl groups excluding tert-OH is 1. The molecule has 0 saturated heterocycles. The van der Waals surface area contributed by atoms with E-state index in [1.54, 1.807) is 48.5 Å². The van der Waals surface area contributed by atoms with Gasteiger partial charge in [-0.3, -0.25) is 15.3 Å². The van der Waals surface area contributed by atoms with Crippen molar-refractivity contribution in [3.8, 4) is 11.8 Å². The summed E-state index contributed by atoms with van der Waals surface area (Å²) in [6.07, 6.45) is 1.22. The molecule has 0 aliphatic rings. The standard InChI is InChI=1S/C21H21N3O6/c22-14-15-7-9-17(10-8-15)23-21(27)30-19(5-2-6-20(26)24-28)16-3-1-4-18(13-16)29-12-11-25/h1-4,6-10,13,19,25,28H,5,11-12H2,(H,23,27)(H,24,26)/b6-2+/t19-/m0/s1. The minimum Gasteiger partial charge on any atom is -0.491 e. The quantitative estimate of drug-likeness (QED) is 0.282. The van der Waals surface area contributed by atoms with Crippen LogP contribution in [0.25, 0.3) is 0 Å². The monoisotopic (exact) mass is 411 g/mol. The van der Waals surface area contributed by atoms with Crippen molar-refractivity contribution in [2.24, 2.45) is 0 Å². The van der Waals surface area contributed by atoms with Crippen LogP contribution in [0.5, 0.6) is 5.75 Å². The van der Waals surface area contributed by atoms with Crippen LogP contribution in [0.3, 0.4) is 0 Å². The second-order valence-corrected chi connectivity index (χ2v) is 5.97. The fraction of sp³-hybridized carbons (Fsp3) is 0.190. The molecule has 2 rings (SSSR count). The first-order chi connectivity index (χ1) is 14.5. The second-order valence-electron chi connectivity index (χ2n) is 5.97. The molecule has 0 aliphatic heterocycles. The first-order valence-corrected chi connectivity index (χ1v) is 8.97. The molecule has 0 fully saturated rings. The summed E-state index contributed by atoms with van der Waals surface area (Å²) in [7, 11) is 0. The van der Waals surface area contributed by atoms with Crippen molar-refractivity contribution in [3.63, 3.8) is 0 Å². The summed E-state index contributed by atoms with van der Waals surface area (Å²) >= 11 is 0. The van der Waals surface area contributed by atoms with Crippen molar-refractivity contribution in [2.45, 2.75) is 12.5 Å². The van der Waals surface area contributed by atoms with Gasteiger partial charge in [-0.25, -0.2) is 10.3 Å². The van der Waals surface area contributed by atoms with E-state index in [1.807, 2.05) is 6.07 Å². The predicted octanol–water partition coefficient (Wildman–Crippen LogP) is 2.67. The molecule has 0 aromatic heterocycles. The molecule has 0 bridgehead atoms. The molecule has 0 unspecified atom stereocenters. The van der Waals surface area contributed by atoms with Crippen LogP contribution in [-0.4, -0.2) is 35.5 Å². The van der Waals surface area contributed by atoms with E-state index in [4.69, 9.17) is 25.0 Å². The van der Waals surface area contributed by atoms with Crippen molar-refractivity contribution in [1.82, 2.24) is 5.48 Å². The Bertz CT molecular complexity index is 921. The maximum Gasteiger partial charge on any atom is 0.412 e. The molecule has 0 aliphatic carbocycles. The number of nitrogens with one attached hydrogen (secondary N) is 2. The Morgan fingerprint density at radius 2 is 1.97 bits per heavy atom. The Hall–Kier alpha value is -3.87. The summed E-state index contributed by atoms with van der Waals surface area (Å²) in [5.41, 5.74) is 3.00. The van der Waals surface area contributed by atoms with Gasteiger partial charge in [-0.15, -0.1) is 0 Å². The number of nitrogens with zero attached hydrogens (tertiary/aromatic N) is 1. The summed E-state index contributed by atoms with van der Waals surface area (Å²) in [5.74, 6) is -0.226. The van der Waals surface area contributed by atoms with Crippen LogP contribution in [0.15, 0.2) is 60.7 Å². The van der Waals surface area contributed by atoms with E-state index in [0.29, 0.717) is 22.6 Å². The fourth-order valence-corrected chi connectivity index (χ4v) is 2.46. The van der Waals surface area contributed by atoms with Gasteiger partial charge in [0, 0.05) is 18.2 Å². The molecule has 0 spiro atoms. The van der Waals surface area contributed by atoms with Crippen LogP contribution < -0.4 is 15.5 Å². The van der Waals surface area contributed by atoms with Gasteiger partial charge in [-0.05, 0) is 42.0 Å². The number of anilines is 1. The number of carbonyl (C=O) groups is 2. The third-order valence-electron chi connectivity index (χ3n) is 3.83. The van der Waals surface area contributed by atoms with Crippen molar-refractivity contribution in [2.75, 3.05) is 18.5 Å². The van der Waals surface area contributed by atoms with E-state index >= 15 is 0 Å². The molecule has 4 N–H and O–H groups in total. The SMILES string of the molecule is N#Cc1ccc(NC(=O)O[C@@H](C/C=C/C(=O)NO)c2cccc(OCCO)c2)cc1. The fourth-order valence-electron chi connectivity index (χ4n) is 2.46. The van der Waals surface area contributed by atoms with Gasteiger partial charge < -0.3 is 14.6 Å².